The molecule has 1 aliphatic rings. The van der Waals surface area contributed by atoms with Crippen LogP contribution in [0.4, 0.5) is 0 Å². The number of carbonyl (C=O) groups is 1. The van der Waals surface area contributed by atoms with E-state index in [1.54, 1.807) is 0 Å². The number of ketones is 1. The molecule has 1 atom stereocenters. The number of Topliss-reactive ketones (excluding diaryl/α,β-unsaturated/α-hetero) is 1. The van der Waals surface area contributed by atoms with Gasteiger partial charge < -0.3 is 0 Å². The Bertz CT molecular complexity index is 302. The highest BCUT2D eigenvalue weighted by Crippen LogP contribution is 2.39. The summed E-state index contributed by atoms with van der Waals surface area (Å²) in [5, 5.41) is 0. The van der Waals surface area contributed by atoms with Gasteiger partial charge in [-0.05, 0) is 18.9 Å². The van der Waals surface area contributed by atoms with Crippen molar-refractivity contribution in [1.82, 2.24) is 0 Å². The van der Waals surface area contributed by atoms with Crippen LogP contribution in [0.15, 0.2) is 30.3 Å². The molecule has 12 heavy (non-hydrogen) atoms. The molecule has 1 fully saturated rings. The van der Waals surface area contributed by atoms with Gasteiger partial charge in [0.25, 0.3) is 0 Å². The van der Waals surface area contributed by atoms with E-state index in [0.717, 1.165) is 12.8 Å². The molecule has 2 rings (SSSR count). The highest BCUT2D eigenvalue weighted by atomic mass is 16.1. The predicted molar refractivity (Wildman–Crippen MR) is 48.0 cm³/mol. The standard InChI is InChI=1S/C11H12O/c1-11(8-7-10(11)12)9-5-3-2-4-6-9/h2-6H,7-8H2,1H3/t11-/m1/s1. The van der Waals surface area contributed by atoms with E-state index in [-0.39, 0.29) is 5.41 Å². The van der Waals surface area contributed by atoms with Gasteiger partial charge in [-0.25, -0.2) is 0 Å². The molecule has 0 aromatic heterocycles. The van der Waals surface area contributed by atoms with Crippen LogP contribution < -0.4 is 0 Å². The number of rotatable bonds is 1. The Morgan fingerprint density at radius 2 is 1.92 bits per heavy atom. The Labute approximate surface area is 72.4 Å². The third-order valence-corrected chi connectivity index (χ3v) is 2.88. The third kappa shape index (κ3) is 0.893. The molecule has 0 aliphatic heterocycles. The quantitative estimate of drug-likeness (QED) is 0.616. The second kappa shape index (κ2) is 2.44. The van der Waals surface area contributed by atoms with Gasteiger partial charge in [-0.3, -0.25) is 4.79 Å². The van der Waals surface area contributed by atoms with Gasteiger partial charge in [0.15, 0.2) is 0 Å². The van der Waals surface area contributed by atoms with Crippen molar-refractivity contribution in [3.8, 4) is 0 Å². The summed E-state index contributed by atoms with van der Waals surface area (Å²) in [7, 11) is 0. The minimum atomic E-state index is -0.165. The molecule has 0 unspecified atom stereocenters. The smallest absolute Gasteiger partial charge is 0.143 e. The first kappa shape index (κ1) is 7.53. The summed E-state index contributed by atoms with van der Waals surface area (Å²) >= 11 is 0. The Kier molecular flexibility index (Phi) is 1.53. The largest absolute Gasteiger partial charge is 0.299 e. The normalized spacial score (nSPS) is 28.2. The maximum atomic E-state index is 11.4. The Hall–Kier alpha value is -1.11. The molecular weight excluding hydrogens is 148 g/mol. The monoisotopic (exact) mass is 160 g/mol. The lowest BCUT2D eigenvalue weighted by atomic mass is 9.65. The van der Waals surface area contributed by atoms with Gasteiger partial charge in [0.1, 0.15) is 5.78 Å². The first-order chi connectivity index (χ1) is 5.73. The van der Waals surface area contributed by atoms with Crippen LogP contribution in [0.5, 0.6) is 0 Å². The molecule has 1 aliphatic carbocycles. The van der Waals surface area contributed by atoms with Crippen LogP contribution in [0.3, 0.4) is 0 Å². The van der Waals surface area contributed by atoms with Crippen LogP contribution in [0.1, 0.15) is 25.3 Å². The van der Waals surface area contributed by atoms with Crippen LogP contribution in [-0.4, -0.2) is 5.78 Å². The van der Waals surface area contributed by atoms with Crippen molar-refractivity contribution in [3.63, 3.8) is 0 Å². The van der Waals surface area contributed by atoms with E-state index in [1.807, 2.05) is 37.3 Å². The number of benzene rings is 1. The minimum Gasteiger partial charge on any atom is -0.299 e. The first-order valence-electron chi connectivity index (χ1n) is 4.32. The lowest BCUT2D eigenvalue weighted by Crippen LogP contribution is -2.41. The van der Waals surface area contributed by atoms with Crippen molar-refractivity contribution in [2.45, 2.75) is 25.2 Å². The minimum absolute atomic E-state index is 0.165. The van der Waals surface area contributed by atoms with Gasteiger partial charge in [0.2, 0.25) is 0 Å². The maximum absolute atomic E-state index is 11.4. The molecule has 1 heteroatoms. The summed E-state index contributed by atoms with van der Waals surface area (Å²) in [4.78, 5) is 11.4. The van der Waals surface area contributed by atoms with E-state index in [4.69, 9.17) is 0 Å². The molecule has 1 nitrogen and oxygen atoms in total. The number of carbonyl (C=O) groups excluding carboxylic acids is 1. The van der Waals surface area contributed by atoms with Crippen molar-refractivity contribution in [3.05, 3.63) is 35.9 Å². The molecule has 0 heterocycles. The summed E-state index contributed by atoms with van der Waals surface area (Å²) in [5.41, 5.74) is 1.00. The SMILES string of the molecule is C[C@]1(c2ccccc2)CCC1=O. The number of hydrogen-bond donors (Lipinski definition) is 0. The van der Waals surface area contributed by atoms with E-state index < -0.39 is 0 Å². The Morgan fingerprint density at radius 1 is 1.25 bits per heavy atom. The molecule has 62 valence electrons. The van der Waals surface area contributed by atoms with Crippen molar-refractivity contribution in [1.29, 1.82) is 0 Å². The fourth-order valence-electron chi connectivity index (χ4n) is 1.71. The molecule has 0 saturated heterocycles. The molecule has 0 amide bonds. The van der Waals surface area contributed by atoms with Gasteiger partial charge in [0.05, 0.1) is 5.41 Å². The molecule has 0 radical (unpaired) electrons. The lowest BCUT2D eigenvalue weighted by Gasteiger charge is -2.36. The van der Waals surface area contributed by atoms with Crippen LogP contribution in [0.25, 0.3) is 0 Å². The maximum Gasteiger partial charge on any atom is 0.143 e. The zero-order valence-electron chi connectivity index (χ0n) is 7.21. The highest BCUT2D eigenvalue weighted by molar-refractivity contribution is 5.95. The highest BCUT2D eigenvalue weighted by Gasteiger charge is 2.42. The zero-order valence-corrected chi connectivity index (χ0v) is 7.21. The van der Waals surface area contributed by atoms with E-state index in [0.29, 0.717) is 5.78 Å². The van der Waals surface area contributed by atoms with Gasteiger partial charge in [-0.1, -0.05) is 30.3 Å². The third-order valence-electron chi connectivity index (χ3n) is 2.88. The second-order valence-electron chi connectivity index (χ2n) is 3.62. The van der Waals surface area contributed by atoms with Gasteiger partial charge in [-0.2, -0.15) is 0 Å². The zero-order chi connectivity index (χ0) is 8.60. The van der Waals surface area contributed by atoms with E-state index in [2.05, 4.69) is 0 Å². The lowest BCUT2D eigenvalue weighted by molar-refractivity contribution is -0.130. The van der Waals surface area contributed by atoms with Crippen LogP contribution >= 0.6 is 0 Å². The average Bonchev–Trinajstić information content (AvgIpc) is 2.16. The van der Waals surface area contributed by atoms with Gasteiger partial charge in [-0.15, -0.1) is 0 Å². The van der Waals surface area contributed by atoms with Crippen molar-refractivity contribution < 1.29 is 4.79 Å². The average molecular weight is 160 g/mol. The van der Waals surface area contributed by atoms with E-state index in [9.17, 15) is 4.79 Å². The number of hydrogen-bond acceptors (Lipinski definition) is 1. The molecular formula is C11H12O. The molecule has 0 spiro atoms. The topological polar surface area (TPSA) is 17.1 Å². The van der Waals surface area contributed by atoms with Crippen LogP contribution in [-0.2, 0) is 10.2 Å². The first-order valence-corrected chi connectivity index (χ1v) is 4.32. The summed E-state index contributed by atoms with van der Waals surface area (Å²) < 4.78 is 0. The fourth-order valence-corrected chi connectivity index (χ4v) is 1.71. The molecule has 1 aromatic rings. The van der Waals surface area contributed by atoms with Gasteiger partial charge >= 0.3 is 0 Å². The molecule has 1 saturated carbocycles. The second-order valence-corrected chi connectivity index (χ2v) is 3.62. The van der Waals surface area contributed by atoms with Crippen molar-refractivity contribution in [2.24, 2.45) is 0 Å². The Morgan fingerprint density at radius 3 is 2.33 bits per heavy atom. The summed E-state index contributed by atoms with van der Waals surface area (Å²) in [6.45, 7) is 2.04. The summed E-state index contributed by atoms with van der Waals surface area (Å²) in [6.07, 6.45) is 1.77. The van der Waals surface area contributed by atoms with Crippen molar-refractivity contribution in [2.75, 3.05) is 0 Å². The van der Waals surface area contributed by atoms with Crippen molar-refractivity contribution >= 4 is 5.78 Å². The predicted octanol–water partition coefficient (Wildman–Crippen LogP) is 2.31. The summed E-state index contributed by atoms with van der Waals surface area (Å²) in [6, 6.07) is 10.0. The Balaban J connectivity index is 2.37. The molecule has 0 bridgehead atoms. The fraction of sp³-hybridized carbons (Fsp3) is 0.364. The molecule has 0 N–H and O–H groups in total. The van der Waals surface area contributed by atoms with E-state index >= 15 is 0 Å². The van der Waals surface area contributed by atoms with E-state index in [1.165, 1.54) is 5.56 Å². The summed E-state index contributed by atoms with van der Waals surface area (Å²) in [5.74, 6) is 0.383. The van der Waals surface area contributed by atoms with Gasteiger partial charge in [0, 0.05) is 6.42 Å². The van der Waals surface area contributed by atoms with Crippen LogP contribution in [0.2, 0.25) is 0 Å². The molecule has 1 aromatic carbocycles. The van der Waals surface area contributed by atoms with Crippen LogP contribution in [0, 0.1) is 0 Å².